The van der Waals surface area contributed by atoms with E-state index in [2.05, 4.69) is 0 Å². The average molecular weight is 603 g/mol. The molecule has 2 aromatic rings. The predicted molar refractivity (Wildman–Crippen MR) is 131 cm³/mol. The molecule has 0 bridgehead atoms. The summed E-state index contributed by atoms with van der Waals surface area (Å²) in [6.45, 7) is 1.22. The molecule has 3 atom stereocenters. The number of esters is 1. The molecule has 0 spiro atoms. The zero-order valence-electron chi connectivity index (χ0n) is 21.4. The van der Waals surface area contributed by atoms with Gasteiger partial charge in [0, 0.05) is 12.0 Å². The van der Waals surface area contributed by atoms with E-state index in [0.717, 1.165) is 0 Å². The number of aliphatic carboxylic acids is 4. The Labute approximate surface area is 233 Å². The van der Waals surface area contributed by atoms with Crippen LogP contribution in [0.4, 0.5) is 13.2 Å². The molecule has 228 valence electrons. The Morgan fingerprint density at radius 1 is 0.976 bits per heavy atom. The van der Waals surface area contributed by atoms with Crippen molar-refractivity contribution in [1.82, 2.24) is 5.32 Å². The van der Waals surface area contributed by atoms with Gasteiger partial charge in [0.15, 0.2) is 0 Å². The Kier molecular flexibility index (Phi) is 12.2. The fourth-order valence-corrected chi connectivity index (χ4v) is 3.00. The van der Waals surface area contributed by atoms with Crippen LogP contribution in [0.15, 0.2) is 40.8 Å². The summed E-state index contributed by atoms with van der Waals surface area (Å²) in [5.41, 5.74) is 5.79. The third-order valence-electron chi connectivity index (χ3n) is 5.23. The number of hydrogen-bond donors (Lipinski definition) is 7. The molecule has 1 amide bonds. The van der Waals surface area contributed by atoms with Crippen molar-refractivity contribution >= 4 is 41.6 Å². The van der Waals surface area contributed by atoms with Crippen molar-refractivity contribution in [3.05, 3.63) is 53.5 Å². The van der Waals surface area contributed by atoms with Crippen LogP contribution in [0, 0.1) is 17.2 Å². The number of rotatable bonds is 12. The first kappa shape index (κ1) is 34.6. The number of amidine groups is 1. The van der Waals surface area contributed by atoms with Crippen LogP contribution in [-0.2, 0) is 30.4 Å². The van der Waals surface area contributed by atoms with Gasteiger partial charge < -0.3 is 40.6 Å². The van der Waals surface area contributed by atoms with E-state index < -0.39 is 66.2 Å². The van der Waals surface area contributed by atoms with Gasteiger partial charge in [-0.05, 0) is 36.4 Å². The van der Waals surface area contributed by atoms with Gasteiger partial charge in [0.25, 0.3) is 0 Å². The van der Waals surface area contributed by atoms with Crippen LogP contribution in [0.3, 0.4) is 0 Å². The fraction of sp³-hybridized carbons (Fsp3) is 0.292. The fourth-order valence-electron chi connectivity index (χ4n) is 3.00. The molecular formula is C24H24F3N3O12. The van der Waals surface area contributed by atoms with Gasteiger partial charge in [-0.25, -0.2) is 14.4 Å². The summed E-state index contributed by atoms with van der Waals surface area (Å²) in [5, 5.41) is 43.8. The van der Waals surface area contributed by atoms with Gasteiger partial charge in [0.05, 0.1) is 18.3 Å². The minimum atomic E-state index is -5.08. The van der Waals surface area contributed by atoms with E-state index in [-0.39, 0.29) is 29.5 Å². The summed E-state index contributed by atoms with van der Waals surface area (Å²) in [7, 11) is 0. The molecule has 1 aromatic heterocycles. The minimum Gasteiger partial charge on any atom is -0.481 e. The van der Waals surface area contributed by atoms with Crippen LogP contribution in [-0.4, -0.2) is 74.2 Å². The first-order valence-electron chi connectivity index (χ1n) is 11.4. The van der Waals surface area contributed by atoms with Gasteiger partial charge in [0.2, 0.25) is 11.7 Å². The lowest BCUT2D eigenvalue weighted by Gasteiger charge is -2.21. The van der Waals surface area contributed by atoms with Crippen molar-refractivity contribution in [2.24, 2.45) is 17.6 Å². The monoisotopic (exact) mass is 603 g/mol. The molecule has 2 unspecified atom stereocenters. The molecule has 0 saturated heterocycles. The first-order valence-corrected chi connectivity index (χ1v) is 11.4. The number of carboxylic acids is 4. The molecule has 1 heterocycles. The molecule has 8 N–H and O–H groups in total. The number of ether oxygens (including phenoxy) is 1. The van der Waals surface area contributed by atoms with E-state index in [0.29, 0.717) is 5.56 Å². The van der Waals surface area contributed by atoms with Crippen LogP contribution in [0.1, 0.15) is 35.2 Å². The predicted octanol–water partition coefficient (Wildman–Crippen LogP) is 1.34. The van der Waals surface area contributed by atoms with E-state index >= 15 is 0 Å². The van der Waals surface area contributed by atoms with Crippen LogP contribution in [0.2, 0.25) is 0 Å². The lowest BCUT2D eigenvalue weighted by atomic mass is 9.89. The summed E-state index contributed by atoms with van der Waals surface area (Å²) in [6.07, 6.45) is -6.31. The second kappa shape index (κ2) is 14.8. The molecule has 42 heavy (non-hydrogen) atoms. The van der Waals surface area contributed by atoms with Gasteiger partial charge >= 0.3 is 36.0 Å². The van der Waals surface area contributed by atoms with Crippen molar-refractivity contribution in [3.8, 4) is 5.75 Å². The number of benzene rings is 1. The molecule has 15 nitrogen and oxygen atoms in total. The van der Waals surface area contributed by atoms with Gasteiger partial charge in [-0.15, -0.1) is 0 Å². The van der Waals surface area contributed by atoms with Crippen LogP contribution in [0.25, 0.3) is 0 Å². The normalized spacial score (nSPS) is 12.9. The highest BCUT2D eigenvalue weighted by molar-refractivity contribution is 5.95. The molecule has 0 aliphatic carbocycles. The van der Waals surface area contributed by atoms with Crippen molar-refractivity contribution in [2.45, 2.75) is 32.0 Å². The van der Waals surface area contributed by atoms with E-state index in [4.69, 9.17) is 40.4 Å². The maximum atomic E-state index is 12.7. The number of furan rings is 1. The number of nitrogen functional groups attached to an aromatic ring is 1. The number of alkyl halides is 3. The Morgan fingerprint density at radius 2 is 1.52 bits per heavy atom. The molecule has 1 aromatic carbocycles. The minimum absolute atomic E-state index is 0.0437. The Hall–Kier alpha value is -5.42. The van der Waals surface area contributed by atoms with Crippen LogP contribution in [0.5, 0.6) is 5.75 Å². The number of hydrogen-bond acceptors (Lipinski definition) is 9. The van der Waals surface area contributed by atoms with Gasteiger partial charge in [-0.3, -0.25) is 19.8 Å². The number of nitrogens with one attached hydrogen (secondary N) is 2. The van der Waals surface area contributed by atoms with E-state index in [9.17, 15) is 42.3 Å². The number of carboxylic acid groups (broad SMARTS) is 4. The number of carbonyl (C=O) groups is 6. The molecule has 0 fully saturated rings. The van der Waals surface area contributed by atoms with E-state index in [1.807, 2.05) is 5.32 Å². The number of nitrogens with two attached hydrogens (primary N) is 1. The first-order chi connectivity index (χ1) is 19.3. The van der Waals surface area contributed by atoms with Crippen molar-refractivity contribution in [1.29, 1.82) is 5.41 Å². The third kappa shape index (κ3) is 11.0. The second-order valence-corrected chi connectivity index (χ2v) is 8.33. The van der Waals surface area contributed by atoms with Gasteiger partial charge in [0.1, 0.15) is 23.4 Å². The summed E-state index contributed by atoms with van der Waals surface area (Å²) in [5.74, 6) is -11.9. The smallest absolute Gasteiger partial charge is 0.481 e. The topological polar surface area (TPSA) is 268 Å². The highest BCUT2D eigenvalue weighted by Crippen LogP contribution is 2.22. The molecule has 0 saturated carbocycles. The maximum absolute atomic E-state index is 12.7. The second-order valence-electron chi connectivity index (χ2n) is 8.33. The molecule has 2 rings (SSSR count). The zero-order chi connectivity index (χ0) is 32.4. The Balaban J connectivity index is 0.00000112. The van der Waals surface area contributed by atoms with Gasteiger partial charge in [-0.2, -0.15) is 13.2 Å². The maximum Gasteiger partial charge on any atom is 0.490 e. The lowest BCUT2D eigenvalue weighted by Crippen LogP contribution is -2.47. The molecule has 0 aliphatic rings. The summed E-state index contributed by atoms with van der Waals surface area (Å²) in [4.78, 5) is 67.5. The third-order valence-corrected chi connectivity index (χ3v) is 5.23. The Bertz CT molecular complexity index is 1340. The lowest BCUT2D eigenvalue weighted by molar-refractivity contribution is -0.192. The largest absolute Gasteiger partial charge is 0.490 e. The van der Waals surface area contributed by atoms with Gasteiger partial charge in [-0.1, -0.05) is 6.92 Å². The molecule has 18 heteroatoms. The zero-order valence-corrected chi connectivity index (χ0v) is 21.4. The highest BCUT2D eigenvalue weighted by Gasteiger charge is 2.38. The van der Waals surface area contributed by atoms with Crippen molar-refractivity contribution in [3.63, 3.8) is 0 Å². The summed E-state index contributed by atoms with van der Waals surface area (Å²) in [6, 6.07) is 6.61. The van der Waals surface area contributed by atoms with Crippen LogP contribution >= 0.6 is 0 Å². The Morgan fingerprint density at radius 3 is 1.95 bits per heavy atom. The SMILES string of the molecule is CC(C(=O)O)C(Cc1ccc(C(=O)Oc2ccc(C(=N)N)cc2)o1)C(=O)N[C@@H](CC(=O)O)C(=O)O.O=C(O)C(F)(F)F. The van der Waals surface area contributed by atoms with Crippen LogP contribution < -0.4 is 15.8 Å². The highest BCUT2D eigenvalue weighted by atomic mass is 19.4. The molecular weight excluding hydrogens is 579 g/mol. The molecule has 0 radical (unpaired) electrons. The van der Waals surface area contributed by atoms with E-state index in [1.54, 1.807) is 0 Å². The molecule has 0 aliphatic heterocycles. The van der Waals surface area contributed by atoms with Crippen molar-refractivity contribution in [2.75, 3.05) is 0 Å². The average Bonchev–Trinajstić information content (AvgIpc) is 3.35. The quantitative estimate of drug-likeness (QED) is 0.0782. The summed E-state index contributed by atoms with van der Waals surface area (Å²) >= 11 is 0. The standard InChI is InChI=1S/C22H23N3O10.C2HF3O2/c1-10(20(29)30)14(19(28)25-15(21(31)32)9-17(26)27)8-13-6-7-16(34-13)22(33)35-12-4-2-11(3-5-12)18(23)24;3-2(4,5)1(6)7/h2-7,10,14-15H,8-9H2,1H3,(H3,23,24)(H,25,28)(H,26,27)(H,29,30)(H,31,32);(H,6,7)/t10?,14?,15-;/m0./s1. The summed E-state index contributed by atoms with van der Waals surface area (Å²) < 4.78 is 42.3. The van der Waals surface area contributed by atoms with E-state index in [1.165, 1.54) is 43.3 Å². The number of halogens is 3. The number of amides is 1. The number of carbonyl (C=O) groups excluding carboxylic acids is 2. The van der Waals surface area contributed by atoms with Crippen molar-refractivity contribution < 1.29 is 71.5 Å².